The lowest BCUT2D eigenvalue weighted by Gasteiger charge is -2.35. The zero-order valence-electron chi connectivity index (χ0n) is 11.2. The zero-order chi connectivity index (χ0) is 14.0. The van der Waals surface area contributed by atoms with Crippen molar-refractivity contribution in [3.8, 4) is 0 Å². The van der Waals surface area contributed by atoms with E-state index in [0.717, 1.165) is 0 Å². The number of carbonyl (C=O) groups is 2. The number of Topliss-reactive ketones (excluding diaryl/α,β-unsaturated/α-hetero) is 1. The van der Waals surface area contributed by atoms with Crippen LogP contribution in [0.4, 0.5) is 0 Å². The highest BCUT2D eigenvalue weighted by molar-refractivity contribution is 7.91. The van der Waals surface area contributed by atoms with E-state index in [9.17, 15) is 18.0 Å². The van der Waals surface area contributed by atoms with Gasteiger partial charge in [-0.05, 0) is 6.92 Å². The maximum atomic E-state index is 12.1. The largest absolute Gasteiger partial charge is 0.341 e. The second kappa shape index (κ2) is 5.58. The van der Waals surface area contributed by atoms with Crippen LogP contribution in [-0.4, -0.2) is 73.6 Å². The summed E-state index contributed by atoms with van der Waals surface area (Å²) in [5.74, 6) is 0.460. The van der Waals surface area contributed by atoms with E-state index in [2.05, 4.69) is 0 Å². The van der Waals surface area contributed by atoms with E-state index in [1.807, 2.05) is 11.8 Å². The molecule has 1 atom stereocenters. The van der Waals surface area contributed by atoms with Gasteiger partial charge in [0.1, 0.15) is 5.78 Å². The minimum absolute atomic E-state index is 0.00125. The molecule has 0 bridgehead atoms. The van der Waals surface area contributed by atoms with Crippen LogP contribution < -0.4 is 0 Å². The molecule has 2 heterocycles. The van der Waals surface area contributed by atoms with Gasteiger partial charge in [0.05, 0.1) is 18.1 Å². The number of hydrogen-bond acceptors (Lipinski definition) is 5. The second-order valence-electron chi connectivity index (χ2n) is 5.35. The van der Waals surface area contributed by atoms with Crippen molar-refractivity contribution in [2.75, 3.05) is 37.7 Å². The number of ketones is 1. The quantitative estimate of drug-likeness (QED) is 0.671. The number of piperidine rings is 1. The molecule has 7 heteroatoms. The Labute approximate surface area is 113 Å². The van der Waals surface area contributed by atoms with Crippen molar-refractivity contribution in [2.45, 2.75) is 25.8 Å². The molecule has 0 aromatic carbocycles. The van der Waals surface area contributed by atoms with Crippen LogP contribution in [0.5, 0.6) is 0 Å². The van der Waals surface area contributed by atoms with Gasteiger partial charge in [-0.15, -0.1) is 0 Å². The summed E-state index contributed by atoms with van der Waals surface area (Å²) in [6.45, 7) is 3.51. The van der Waals surface area contributed by atoms with Crippen LogP contribution >= 0.6 is 0 Å². The SMILES string of the molecule is CC1CS(=O)(=O)CCN1CC(=O)N1CCC(=O)CC1. The lowest BCUT2D eigenvalue weighted by Crippen LogP contribution is -2.52. The zero-order valence-corrected chi connectivity index (χ0v) is 12.0. The van der Waals surface area contributed by atoms with Crippen molar-refractivity contribution in [3.63, 3.8) is 0 Å². The minimum Gasteiger partial charge on any atom is -0.341 e. The standard InChI is InChI=1S/C12H20N2O4S/c1-10-9-19(17,18)7-6-14(10)8-12(16)13-4-2-11(15)3-5-13/h10H,2-9H2,1H3. The molecule has 1 unspecified atom stereocenters. The number of nitrogens with zero attached hydrogens (tertiary/aromatic N) is 2. The average Bonchev–Trinajstić information content (AvgIpc) is 2.33. The highest BCUT2D eigenvalue weighted by atomic mass is 32.2. The summed E-state index contributed by atoms with van der Waals surface area (Å²) < 4.78 is 22.9. The molecule has 0 aromatic heterocycles. The van der Waals surface area contributed by atoms with Gasteiger partial charge in [0.25, 0.3) is 0 Å². The van der Waals surface area contributed by atoms with Gasteiger partial charge in [-0.2, -0.15) is 0 Å². The van der Waals surface area contributed by atoms with Gasteiger partial charge in [-0.1, -0.05) is 0 Å². The first-order chi connectivity index (χ1) is 8.87. The summed E-state index contributed by atoms with van der Waals surface area (Å²) in [5, 5.41) is 0. The minimum atomic E-state index is -2.94. The van der Waals surface area contributed by atoms with Gasteiger partial charge < -0.3 is 4.90 Å². The number of hydrogen-bond donors (Lipinski definition) is 0. The van der Waals surface area contributed by atoms with E-state index in [0.29, 0.717) is 32.5 Å². The molecule has 2 saturated heterocycles. The Morgan fingerprint density at radius 2 is 1.89 bits per heavy atom. The van der Waals surface area contributed by atoms with Gasteiger partial charge in [0.15, 0.2) is 9.84 Å². The maximum absolute atomic E-state index is 12.1. The summed E-state index contributed by atoms with van der Waals surface area (Å²) in [5.41, 5.74) is 0. The van der Waals surface area contributed by atoms with Crippen molar-refractivity contribution < 1.29 is 18.0 Å². The van der Waals surface area contributed by atoms with Crippen molar-refractivity contribution in [2.24, 2.45) is 0 Å². The molecule has 0 saturated carbocycles. The van der Waals surface area contributed by atoms with Crippen LogP contribution in [0, 0.1) is 0 Å². The van der Waals surface area contributed by atoms with E-state index < -0.39 is 9.84 Å². The first kappa shape index (κ1) is 14.5. The molecule has 6 nitrogen and oxygen atoms in total. The predicted molar refractivity (Wildman–Crippen MR) is 70.5 cm³/mol. The number of likely N-dealkylation sites (tertiary alicyclic amines) is 1. The number of carbonyl (C=O) groups excluding carboxylic acids is 2. The van der Waals surface area contributed by atoms with Crippen LogP contribution in [0.15, 0.2) is 0 Å². The fraction of sp³-hybridized carbons (Fsp3) is 0.833. The summed E-state index contributed by atoms with van der Waals surface area (Å²) in [6, 6.07) is -0.117. The Morgan fingerprint density at radius 1 is 1.26 bits per heavy atom. The van der Waals surface area contributed by atoms with Gasteiger partial charge in [-0.25, -0.2) is 8.42 Å². The molecule has 0 aromatic rings. The Morgan fingerprint density at radius 3 is 2.47 bits per heavy atom. The fourth-order valence-corrected chi connectivity index (χ4v) is 4.17. The summed E-state index contributed by atoms with van der Waals surface area (Å²) in [6.07, 6.45) is 0.880. The Hall–Kier alpha value is -0.950. The van der Waals surface area contributed by atoms with Crippen molar-refractivity contribution in [1.82, 2.24) is 9.80 Å². The van der Waals surface area contributed by atoms with Gasteiger partial charge >= 0.3 is 0 Å². The molecule has 0 aliphatic carbocycles. The molecule has 0 radical (unpaired) electrons. The molecule has 2 aliphatic rings. The molecule has 2 rings (SSSR count). The van der Waals surface area contributed by atoms with Crippen molar-refractivity contribution >= 4 is 21.5 Å². The third-order valence-electron chi connectivity index (χ3n) is 3.82. The molecular weight excluding hydrogens is 268 g/mol. The summed E-state index contributed by atoms with van der Waals surface area (Å²) >= 11 is 0. The highest BCUT2D eigenvalue weighted by Crippen LogP contribution is 2.13. The molecule has 108 valence electrons. The molecule has 1 amide bonds. The van der Waals surface area contributed by atoms with Gasteiger partial charge in [0, 0.05) is 38.5 Å². The van der Waals surface area contributed by atoms with Crippen LogP contribution in [-0.2, 0) is 19.4 Å². The molecule has 2 fully saturated rings. The Kier molecular flexibility index (Phi) is 4.25. The number of amides is 1. The van der Waals surface area contributed by atoms with Crippen LogP contribution in [0.3, 0.4) is 0 Å². The lowest BCUT2D eigenvalue weighted by atomic mass is 10.1. The molecular formula is C12H20N2O4S. The third-order valence-corrected chi connectivity index (χ3v) is 5.62. The topological polar surface area (TPSA) is 74.8 Å². The van der Waals surface area contributed by atoms with E-state index >= 15 is 0 Å². The van der Waals surface area contributed by atoms with E-state index in [-0.39, 0.29) is 35.8 Å². The molecule has 0 N–H and O–H groups in total. The smallest absolute Gasteiger partial charge is 0.236 e. The fourth-order valence-electron chi connectivity index (χ4n) is 2.55. The monoisotopic (exact) mass is 288 g/mol. The third kappa shape index (κ3) is 3.76. The van der Waals surface area contributed by atoms with Crippen molar-refractivity contribution in [3.05, 3.63) is 0 Å². The highest BCUT2D eigenvalue weighted by Gasteiger charge is 2.30. The first-order valence-corrected chi connectivity index (χ1v) is 8.43. The first-order valence-electron chi connectivity index (χ1n) is 6.61. The van der Waals surface area contributed by atoms with Gasteiger partial charge in [0.2, 0.25) is 5.91 Å². The van der Waals surface area contributed by atoms with E-state index in [1.54, 1.807) is 4.90 Å². The normalized spacial score (nSPS) is 28.4. The maximum Gasteiger partial charge on any atom is 0.236 e. The molecule has 0 spiro atoms. The Bertz CT molecular complexity index is 464. The van der Waals surface area contributed by atoms with Crippen LogP contribution in [0.2, 0.25) is 0 Å². The Balaban J connectivity index is 1.87. The van der Waals surface area contributed by atoms with Crippen LogP contribution in [0.1, 0.15) is 19.8 Å². The number of sulfone groups is 1. The summed E-state index contributed by atoms with van der Waals surface area (Å²) in [7, 11) is -2.94. The predicted octanol–water partition coefficient (Wildman–Crippen LogP) is -0.703. The van der Waals surface area contributed by atoms with E-state index in [4.69, 9.17) is 0 Å². The molecule has 2 aliphatic heterocycles. The molecule has 19 heavy (non-hydrogen) atoms. The summed E-state index contributed by atoms with van der Waals surface area (Å²) in [4.78, 5) is 26.9. The number of rotatable bonds is 2. The average molecular weight is 288 g/mol. The lowest BCUT2D eigenvalue weighted by molar-refractivity contribution is -0.135. The van der Waals surface area contributed by atoms with E-state index in [1.165, 1.54) is 0 Å². The van der Waals surface area contributed by atoms with Gasteiger partial charge in [-0.3, -0.25) is 14.5 Å². The second-order valence-corrected chi connectivity index (χ2v) is 7.58. The van der Waals surface area contributed by atoms with Crippen LogP contribution in [0.25, 0.3) is 0 Å². The van der Waals surface area contributed by atoms with Crippen molar-refractivity contribution in [1.29, 1.82) is 0 Å².